The first-order valence-corrected chi connectivity index (χ1v) is 7.88. The highest BCUT2D eigenvalue weighted by Crippen LogP contribution is 2.28. The zero-order valence-corrected chi connectivity index (χ0v) is 15.9. The molecule has 1 fully saturated rings. The van der Waals surface area contributed by atoms with Crippen molar-refractivity contribution in [2.75, 3.05) is 47.1 Å². The van der Waals surface area contributed by atoms with Gasteiger partial charge in [-0.25, -0.2) is 0 Å². The molecule has 0 spiro atoms. The van der Waals surface area contributed by atoms with E-state index >= 15 is 0 Å². The molecular formula is C15H32IN3O2. The molecule has 0 heterocycles. The van der Waals surface area contributed by atoms with Crippen molar-refractivity contribution in [2.45, 2.75) is 38.5 Å². The Hall–Kier alpha value is -0.0800. The molecule has 0 bridgehead atoms. The van der Waals surface area contributed by atoms with Crippen LogP contribution < -0.4 is 10.6 Å². The van der Waals surface area contributed by atoms with Crippen LogP contribution in [0.15, 0.2) is 4.99 Å². The zero-order valence-electron chi connectivity index (χ0n) is 13.5. The zero-order chi connectivity index (χ0) is 14.5. The molecule has 6 heteroatoms. The molecule has 0 saturated heterocycles. The Kier molecular flexibility index (Phi) is 14.8. The molecule has 1 rings (SSSR count). The second-order valence-electron chi connectivity index (χ2n) is 5.32. The van der Waals surface area contributed by atoms with Gasteiger partial charge in [-0.05, 0) is 18.8 Å². The summed E-state index contributed by atoms with van der Waals surface area (Å²) >= 11 is 0. The Morgan fingerprint density at radius 2 is 1.81 bits per heavy atom. The van der Waals surface area contributed by atoms with E-state index in [2.05, 4.69) is 15.6 Å². The first kappa shape index (κ1) is 20.9. The van der Waals surface area contributed by atoms with Crippen molar-refractivity contribution >= 4 is 29.9 Å². The molecule has 0 unspecified atom stereocenters. The molecular weight excluding hydrogens is 381 g/mol. The van der Waals surface area contributed by atoms with Gasteiger partial charge in [-0.3, -0.25) is 4.99 Å². The van der Waals surface area contributed by atoms with E-state index < -0.39 is 0 Å². The van der Waals surface area contributed by atoms with Crippen molar-refractivity contribution in [2.24, 2.45) is 10.9 Å². The Morgan fingerprint density at radius 3 is 2.48 bits per heavy atom. The summed E-state index contributed by atoms with van der Waals surface area (Å²) < 4.78 is 10.3. The van der Waals surface area contributed by atoms with Crippen molar-refractivity contribution in [1.82, 2.24) is 10.6 Å². The van der Waals surface area contributed by atoms with E-state index in [1.165, 1.54) is 38.5 Å². The van der Waals surface area contributed by atoms with E-state index in [9.17, 15) is 0 Å². The van der Waals surface area contributed by atoms with Crippen LogP contribution in [0, 0.1) is 5.92 Å². The van der Waals surface area contributed by atoms with Crippen LogP contribution in [0.1, 0.15) is 38.5 Å². The molecule has 0 amide bonds. The summed E-state index contributed by atoms with van der Waals surface area (Å²) in [5.74, 6) is 1.84. The van der Waals surface area contributed by atoms with E-state index in [0.717, 1.165) is 25.0 Å². The van der Waals surface area contributed by atoms with Crippen molar-refractivity contribution in [3.63, 3.8) is 0 Å². The van der Waals surface area contributed by atoms with Gasteiger partial charge in [0.25, 0.3) is 0 Å². The highest BCUT2D eigenvalue weighted by molar-refractivity contribution is 14.0. The summed E-state index contributed by atoms with van der Waals surface area (Å²) in [5, 5.41) is 6.60. The first-order chi connectivity index (χ1) is 9.86. The molecule has 2 N–H and O–H groups in total. The number of nitrogens with zero attached hydrogens (tertiary/aromatic N) is 1. The molecule has 1 saturated carbocycles. The molecule has 0 aromatic heterocycles. The topological polar surface area (TPSA) is 54.9 Å². The van der Waals surface area contributed by atoms with Gasteiger partial charge in [0.1, 0.15) is 0 Å². The third-order valence-electron chi connectivity index (χ3n) is 3.75. The number of ether oxygens (including phenoxy) is 2. The minimum Gasteiger partial charge on any atom is -0.382 e. The van der Waals surface area contributed by atoms with Crippen LogP contribution in [0.4, 0.5) is 0 Å². The van der Waals surface area contributed by atoms with Gasteiger partial charge in [0.15, 0.2) is 5.96 Å². The molecule has 0 radical (unpaired) electrons. The van der Waals surface area contributed by atoms with E-state index in [1.54, 1.807) is 14.2 Å². The largest absolute Gasteiger partial charge is 0.382 e. The van der Waals surface area contributed by atoms with Gasteiger partial charge in [-0.1, -0.05) is 25.7 Å². The molecule has 21 heavy (non-hydrogen) atoms. The number of nitrogens with one attached hydrogen (secondary N) is 2. The van der Waals surface area contributed by atoms with Crippen molar-refractivity contribution < 1.29 is 9.47 Å². The highest BCUT2D eigenvalue weighted by atomic mass is 127. The summed E-state index contributed by atoms with van der Waals surface area (Å²) in [6.45, 7) is 3.73. The van der Waals surface area contributed by atoms with Crippen molar-refractivity contribution in [3.05, 3.63) is 0 Å². The quantitative estimate of drug-likeness (QED) is 0.250. The third-order valence-corrected chi connectivity index (χ3v) is 3.75. The summed E-state index contributed by atoms with van der Waals surface area (Å²) in [7, 11) is 3.48. The van der Waals surface area contributed by atoms with Gasteiger partial charge in [-0.2, -0.15) is 0 Å². The van der Waals surface area contributed by atoms with E-state index in [4.69, 9.17) is 9.47 Å². The van der Waals surface area contributed by atoms with E-state index in [-0.39, 0.29) is 24.0 Å². The van der Waals surface area contributed by atoms with Crippen LogP contribution in [0.25, 0.3) is 0 Å². The van der Waals surface area contributed by atoms with Gasteiger partial charge in [0, 0.05) is 27.2 Å². The molecule has 126 valence electrons. The first-order valence-electron chi connectivity index (χ1n) is 7.88. The number of aliphatic imine (C=N–C) groups is 1. The number of guanidine groups is 1. The lowest BCUT2D eigenvalue weighted by Crippen LogP contribution is -2.39. The fraction of sp³-hybridized carbons (Fsp3) is 0.933. The van der Waals surface area contributed by atoms with Gasteiger partial charge >= 0.3 is 0 Å². The van der Waals surface area contributed by atoms with Gasteiger partial charge in [-0.15, -0.1) is 24.0 Å². The monoisotopic (exact) mass is 413 g/mol. The van der Waals surface area contributed by atoms with E-state index in [1.807, 2.05) is 0 Å². The Labute approximate surface area is 146 Å². The Bertz CT molecular complexity index is 259. The lowest BCUT2D eigenvalue weighted by Gasteiger charge is -2.13. The fourth-order valence-electron chi connectivity index (χ4n) is 2.60. The van der Waals surface area contributed by atoms with Crippen LogP contribution in [-0.2, 0) is 9.47 Å². The molecule has 1 aliphatic carbocycles. The standard InChI is InChI=1S/C15H31N3O2.HI/c1-16-15(18-10-11-20-13-12-19-2)17-9-5-8-14-6-3-4-7-14;/h14H,3-13H2,1-2H3,(H2,16,17,18);1H. The molecule has 0 atom stereocenters. The normalized spacial score (nSPS) is 15.8. The third kappa shape index (κ3) is 11.2. The maximum Gasteiger partial charge on any atom is 0.191 e. The predicted octanol–water partition coefficient (Wildman–Crippen LogP) is 2.40. The van der Waals surface area contributed by atoms with Crippen molar-refractivity contribution in [1.29, 1.82) is 0 Å². The van der Waals surface area contributed by atoms with Gasteiger partial charge in [0.05, 0.1) is 19.8 Å². The van der Waals surface area contributed by atoms with E-state index in [0.29, 0.717) is 19.8 Å². The SMILES string of the molecule is CN=C(NCCCC1CCCC1)NCCOCCOC.I. The number of methoxy groups -OCH3 is 1. The van der Waals surface area contributed by atoms with Gasteiger partial charge in [0.2, 0.25) is 0 Å². The maximum atomic E-state index is 5.39. The summed E-state index contributed by atoms with van der Waals surface area (Å²) in [6, 6.07) is 0. The molecule has 0 aromatic rings. The Balaban J connectivity index is 0.00000400. The van der Waals surface area contributed by atoms with Crippen LogP contribution in [0.5, 0.6) is 0 Å². The van der Waals surface area contributed by atoms with Crippen LogP contribution in [0.2, 0.25) is 0 Å². The summed E-state index contributed by atoms with van der Waals surface area (Å²) in [6.07, 6.45) is 8.33. The second-order valence-corrected chi connectivity index (χ2v) is 5.32. The fourth-order valence-corrected chi connectivity index (χ4v) is 2.60. The minimum absolute atomic E-state index is 0. The lowest BCUT2D eigenvalue weighted by atomic mass is 10.0. The molecule has 1 aliphatic rings. The van der Waals surface area contributed by atoms with Crippen LogP contribution in [-0.4, -0.2) is 53.0 Å². The number of hydrogen-bond donors (Lipinski definition) is 2. The molecule has 0 aromatic carbocycles. The van der Waals surface area contributed by atoms with Crippen molar-refractivity contribution in [3.8, 4) is 0 Å². The lowest BCUT2D eigenvalue weighted by molar-refractivity contribution is 0.0733. The highest BCUT2D eigenvalue weighted by Gasteiger charge is 2.13. The average Bonchev–Trinajstić information content (AvgIpc) is 2.98. The molecule has 5 nitrogen and oxygen atoms in total. The smallest absolute Gasteiger partial charge is 0.191 e. The number of rotatable bonds is 10. The molecule has 0 aliphatic heterocycles. The van der Waals surface area contributed by atoms with Crippen LogP contribution in [0.3, 0.4) is 0 Å². The van der Waals surface area contributed by atoms with Gasteiger partial charge < -0.3 is 20.1 Å². The number of hydrogen-bond acceptors (Lipinski definition) is 3. The summed E-state index contributed by atoms with van der Waals surface area (Å²) in [4.78, 5) is 4.21. The predicted molar refractivity (Wildman–Crippen MR) is 98.7 cm³/mol. The summed E-state index contributed by atoms with van der Waals surface area (Å²) in [5.41, 5.74) is 0. The second kappa shape index (κ2) is 14.8. The number of halogens is 1. The average molecular weight is 413 g/mol. The van der Waals surface area contributed by atoms with Crippen LogP contribution >= 0.6 is 24.0 Å². The maximum absolute atomic E-state index is 5.39. The Morgan fingerprint density at radius 1 is 1.10 bits per heavy atom. The minimum atomic E-state index is 0.